The van der Waals surface area contributed by atoms with E-state index in [1.807, 2.05) is 73.7 Å². The lowest BCUT2D eigenvalue weighted by atomic mass is 9.97. The van der Waals surface area contributed by atoms with Gasteiger partial charge in [-0.25, -0.2) is 4.98 Å². The van der Waals surface area contributed by atoms with Crippen LogP contribution in [0.2, 0.25) is 0 Å². The fourth-order valence-corrected chi connectivity index (χ4v) is 9.20. The van der Waals surface area contributed by atoms with E-state index in [9.17, 15) is 43.2 Å². The minimum absolute atomic E-state index is 0.0517. The van der Waals surface area contributed by atoms with Crippen LogP contribution in [0.3, 0.4) is 0 Å². The summed E-state index contributed by atoms with van der Waals surface area (Å²) in [5, 5.41) is 24.8. The summed E-state index contributed by atoms with van der Waals surface area (Å²) in [5.41, 5.74) is 18.5. The second kappa shape index (κ2) is 31.4. The van der Waals surface area contributed by atoms with E-state index in [2.05, 4.69) is 82.8 Å². The Morgan fingerprint density at radius 2 is 1.09 bits per heavy atom. The van der Waals surface area contributed by atoms with Gasteiger partial charge in [-0.05, 0) is 58.9 Å². The Morgan fingerprint density at radius 1 is 0.562 bits per heavy atom. The molecule has 428 valence electrons. The summed E-state index contributed by atoms with van der Waals surface area (Å²) >= 11 is 8.43. The molecule has 25 heteroatoms. The minimum Gasteiger partial charge on any atom is -0.370 e. The van der Waals surface area contributed by atoms with Crippen molar-refractivity contribution in [1.29, 1.82) is 0 Å². The van der Waals surface area contributed by atoms with Crippen molar-refractivity contribution >= 4 is 106 Å². The number of hydrogen-bond acceptors (Lipinski definition) is 13. The van der Waals surface area contributed by atoms with Crippen LogP contribution in [0.5, 0.6) is 0 Å². The number of rotatable bonds is 31. The van der Waals surface area contributed by atoms with Crippen LogP contribution in [-0.2, 0) is 62.4 Å². The molecule has 15 N–H and O–H groups in total. The molecule has 23 nitrogen and oxygen atoms in total. The van der Waals surface area contributed by atoms with Crippen molar-refractivity contribution in [3.8, 4) is 0 Å². The lowest BCUT2D eigenvalue weighted by Crippen LogP contribution is -2.61. The Labute approximate surface area is 474 Å². The van der Waals surface area contributed by atoms with Gasteiger partial charge in [-0.2, -0.15) is 25.3 Å². The van der Waals surface area contributed by atoms with Gasteiger partial charge in [-0.15, -0.1) is 0 Å². The summed E-state index contributed by atoms with van der Waals surface area (Å²) in [6.07, 6.45) is 4.28. The van der Waals surface area contributed by atoms with E-state index >= 15 is 0 Å². The van der Waals surface area contributed by atoms with Crippen LogP contribution in [0.15, 0.2) is 102 Å². The van der Waals surface area contributed by atoms with Crippen molar-refractivity contribution in [2.75, 3.05) is 18.1 Å². The standard InChI is InChI=1S/C55H72N14O9S2/c1-4-5-18-40(63-32(3)70)49(73)69-46(29-80)54(78)62-31(2)48(72)65-44(26-38-27-59-30-61-38)53(77)66-42(24-33-20-21-34-12-6-7-14-36(34)23-33)51(75)64-41(19-11-22-60-55(57)58)50(74)67-43(52(76)68-45(28-79)47(56)71)25-37-16-10-15-35-13-8-9-17-39(35)37/h6-10,12-17,20-21,23,27,30-31,40-46,79-80H,4-5,11,18-19,22,24-26,28-29H2,1-3H3,(H2,56,71)(H,59,61)(H,62,78)(H,63,70)(H,64,75)(H,65,72)(H,66,77)(H,67,74)(H,68,76)(H,69,73)(H4,57,58,60)/t31-,40+,41+,42-,43+,44+,45+,46+/m1/s1. The molecule has 1 heterocycles. The number of carbonyl (C=O) groups excluding carboxylic acids is 9. The van der Waals surface area contributed by atoms with Gasteiger partial charge in [0, 0.05) is 56.1 Å². The number of fused-ring (bicyclic) bond motifs is 2. The Kier molecular flexibility index (Phi) is 24.6. The van der Waals surface area contributed by atoms with Gasteiger partial charge in [-0.1, -0.05) is 105 Å². The van der Waals surface area contributed by atoms with E-state index in [1.54, 1.807) is 18.2 Å². The summed E-state index contributed by atoms with van der Waals surface area (Å²) in [6, 6.07) is 15.9. The molecule has 0 radical (unpaired) electrons. The molecule has 4 aromatic carbocycles. The van der Waals surface area contributed by atoms with E-state index in [1.165, 1.54) is 26.4 Å². The Balaban J connectivity index is 1.44. The molecule has 5 rings (SSSR count). The first-order valence-electron chi connectivity index (χ1n) is 26.2. The molecule has 0 saturated heterocycles. The zero-order valence-corrected chi connectivity index (χ0v) is 46.6. The third-order valence-electron chi connectivity index (χ3n) is 13.0. The van der Waals surface area contributed by atoms with Crippen molar-refractivity contribution in [2.45, 2.75) is 120 Å². The summed E-state index contributed by atoms with van der Waals surface area (Å²) < 4.78 is 0. The van der Waals surface area contributed by atoms with E-state index in [0.717, 1.165) is 28.0 Å². The van der Waals surface area contributed by atoms with Crippen LogP contribution < -0.4 is 59.7 Å². The number of hydrogen-bond donors (Lipinski definition) is 14. The third kappa shape index (κ3) is 19.3. The van der Waals surface area contributed by atoms with Gasteiger partial charge in [0.1, 0.15) is 48.3 Å². The minimum atomic E-state index is -1.42. The van der Waals surface area contributed by atoms with Crippen LogP contribution in [-0.4, -0.2) is 135 Å². The highest BCUT2D eigenvalue weighted by molar-refractivity contribution is 7.80. The Bertz CT molecular complexity index is 2990. The van der Waals surface area contributed by atoms with E-state index in [0.29, 0.717) is 29.7 Å². The number of imidazole rings is 1. The molecule has 0 aliphatic rings. The smallest absolute Gasteiger partial charge is 0.244 e. The maximum absolute atomic E-state index is 14.9. The number of aromatic nitrogens is 2. The van der Waals surface area contributed by atoms with Crippen LogP contribution >= 0.6 is 25.3 Å². The number of benzene rings is 4. The van der Waals surface area contributed by atoms with Gasteiger partial charge in [0.05, 0.1) is 6.33 Å². The molecule has 9 amide bonds. The lowest BCUT2D eigenvalue weighted by molar-refractivity contribution is -0.135. The molecule has 0 fully saturated rings. The zero-order valence-electron chi connectivity index (χ0n) is 44.8. The predicted octanol–water partition coefficient (Wildman–Crippen LogP) is 0.251. The highest BCUT2D eigenvalue weighted by atomic mass is 32.1. The average Bonchev–Trinajstić information content (AvgIpc) is 3.98. The topological polar surface area (TPSA) is 369 Å². The highest BCUT2D eigenvalue weighted by Gasteiger charge is 2.34. The molecule has 80 heavy (non-hydrogen) atoms. The van der Waals surface area contributed by atoms with Gasteiger partial charge in [0.2, 0.25) is 53.2 Å². The number of amides is 9. The number of thiol groups is 2. The Hall–Kier alpha value is -8.19. The van der Waals surface area contributed by atoms with Gasteiger partial charge in [0.15, 0.2) is 5.96 Å². The second-order valence-electron chi connectivity index (χ2n) is 19.2. The van der Waals surface area contributed by atoms with Crippen LogP contribution in [0, 0.1) is 0 Å². The highest BCUT2D eigenvalue weighted by Crippen LogP contribution is 2.21. The molecule has 0 aliphatic heterocycles. The molecule has 0 spiro atoms. The number of carbonyl (C=O) groups is 9. The summed E-state index contributed by atoms with van der Waals surface area (Å²) in [7, 11) is 0. The molecule has 8 atom stereocenters. The van der Waals surface area contributed by atoms with Crippen molar-refractivity contribution in [2.24, 2.45) is 22.2 Å². The average molecular weight is 1140 g/mol. The third-order valence-corrected chi connectivity index (χ3v) is 13.7. The van der Waals surface area contributed by atoms with Crippen molar-refractivity contribution < 1.29 is 43.2 Å². The second-order valence-corrected chi connectivity index (χ2v) is 19.9. The number of nitrogens with zero attached hydrogens (tertiary/aromatic N) is 2. The largest absolute Gasteiger partial charge is 0.370 e. The first-order chi connectivity index (χ1) is 38.3. The number of guanidine groups is 1. The maximum atomic E-state index is 14.9. The van der Waals surface area contributed by atoms with Gasteiger partial charge < -0.3 is 64.7 Å². The molecule has 0 unspecified atom stereocenters. The van der Waals surface area contributed by atoms with Crippen LogP contribution in [0.25, 0.3) is 21.5 Å². The fourth-order valence-electron chi connectivity index (χ4n) is 8.67. The predicted molar refractivity (Wildman–Crippen MR) is 311 cm³/mol. The fraction of sp³-hybridized carbons (Fsp3) is 0.400. The normalized spacial score (nSPS) is 14.1. The van der Waals surface area contributed by atoms with Crippen molar-refractivity contribution in [1.82, 2.24) is 52.5 Å². The van der Waals surface area contributed by atoms with Crippen LogP contribution in [0.1, 0.15) is 69.7 Å². The monoisotopic (exact) mass is 1140 g/mol. The number of aliphatic imine (C=N–C) groups is 1. The van der Waals surface area contributed by atoms with E-state index < -0.39 is 101 Å². The summed E-state index contributed by atoms with van der Waals surface area (Å²) in [4.78, 5) is 134. The first kappa shape index (κ1) is 62.7. The zero-order chi connectivity index (χ0) is 58.3. The molecular weight excluding hydrogens is 1060 g/mol. The summed E-state index contributed by atoms with van der Waals surface area (Å²) in [5.74, 6) is -7.17. The quantitative estimate of drug-likeness (QED) is 0.0123. The van der Waals surface area contributed by atoms with Crippen LogP contribution in [0.4, 0.5) is 0 Å². The molecule has 0 bridgehead atoms. The van der Waals surface area contributed by atoms with Gasteiger partial charge in [0.25, 0.3) is 0 Å². The number of aromatic amines is 1. The number of primary amides is 1. The van der Waals surface area contributed by atoms with E-state index in [-0.39, 0.29) is 56.1 Å². The number of nitrogens with one attached hydrogen (secondary N) is 9. The first-order valence-corrected chi connectivity index (χ1v) is 27.4. The molecule has 0 saturated carbocycles. The molecule has 5 aromatic rings. The molecule has 1 aromatic heterocycles. The lowest BCUT2D eigenvalue weighted by Gasteiger charge is -2.28. The van der Waals surface area contributed by atoms with Crippen molar-refractivity contribution in [3.63, 3.8) is 0 Å². The van der Waals surface area contributed by atoms with Gasteiger partial charge in [-0.3, -0.25) is 48.1 Å². The maximum Gasteiger partial charge on any atom is 0.244 e. The Morgan fingerprint density at radius 3 is 1.70 bits per heavy atom. The molecular formula is C55H72N14O9S2. The number of nitrogens with two attached hydrogens (primary N) is 3. The van der Waals surface area contributed by atoms with Crippen molar-refractivity contribution in [3.05, 3.63) is 114 Å². The molecule has 0 aliphatic carbocycles. The van der Waals surface area contributed by atoms with E-state index in [4.69, 9.17) is 17.2 Å². The number of H-pyrrole nitrogens is 1. The SMILES string of the molecule is CCCC[C@H](NC(C)=O)C(=O)N[C@@H](CS)C(=O)N[C@H](C)C(=O)N[C@@H](Cc1cnc[nH]1)C(=O)N[C@H](Cc1ccc2ccccc2c1)C(=O)N[C@@H](CCCN=C(N)N)C(=O)N[C@@H](Cc1cccc2ccccc12)C(=O)N[C@@H](CS)C(N)=O. The van der Waals surface area contributed by atoms with Gasteiger partial charge >= 0.3 is 0 Å². The number of unbranched alkanes of at least 4 members (excludes halogenated alkanes) is 1. The summed E-state index contributed by atoms with van der Waals surface area (Å²) in [6.45, 7) is 4.63.